The third kappa shape index (κ3) is 2.12. The predicted molar refractivity (Wildman–Crippen MR) is 75.7 cm³/mol. The largest absolute Gasteiger partial charge is 0.377 e. The Bertz CT molecular complexity index is 534. The maximum atomic E-state index is 3.65. The Balaban J connectivity index is 1.94. The molecule has 2 heteroatoms. The zero-order valence-corrected chi connectivity index (χ0v) is 10.6. The van der Waals surface area contributed by atoms with E-state index >= 15 is 0 Å². The quantitative estimate of drug-likeness (QED) is 0.797. The second kappa shape index (κ2) is 4.83. The molecule has 0 amide bonds. The number of aryl methyl sites for hydroxylation is 1. The fourth-order valence-electron chi connectivity index (χ4n) is 2.54. The lowest BCUT2D eigenvalue weighted by molar-refractivity contribution is 0.642. The molecular weight excluding hydrogens is 220 g/mol. The molecule has 2 aromatic carbocycles. The highest BCUT2D eigenvalue weighted by molar-refractivity contribution is 5.56. The molecule has 1 aliphatic rings. The summed E-state index contributed by atoms with van der Waals surface area (Å²) in [6.45, 7) is 4.07. The van der Waals surface area contributed by atoms with Gasteiger partial charge in [-0.1, -0.05) is 42.5 Å². The summed E-state index contributed by atoms with van der Waals surface area (Å²) in [4.78, 5) is 0. The van der Waals surface area contributed by atoms with Gasteiger partial charge in [0, 0.05) is 18.8 Å². The van der Waals surface area contributed by atoms with Crippen LogP contribution in [0.15, 0.2) is 48.5 Å². The van der Waals surface area contributed by atoms with Crippen LogP contribution in [0.3, 0.4) is 0 Å². The van der Waals surface area contributed by atoms with Gasteiger partial charge in [0.15, 0.2) is 0 Å². The zero-order chi connectivity index (χ0) is 12.4. The fourth-order valence-corrected chi connectivity index (χ4v) is 2.54. The van der Waals surface area contributed by atoms with Gasteiger partial charge in [0.05, 0.1) is 6.04 Å². The van der Waals surface area contributed by atoms with Crippen LogP contribution < -0.4 is 10.6 Å². The Morgan fingerprint density at radius 1 is 1.00 bits per heavy atom. The first-order valence-electron chi connectivity index (χ1n) is 6.45. The van der Waals surface area contributed by atoms with Crippen molar-refractivity contribution in [3.05, 3.63) is 65.2 Å². The van der Waals surface area contributed by atoms with Crippen LogP contribution in [0.5, 0.6) is 0 Å². The predicted octanol–water partition coefficient (Wildman–Crippen LogP) is 3.25. The van der Waals surface area contributed by atoms with Crippen molar-refractivity contribution >= 4 is 5.69 Å². The van der Waals surface area contributed by atoms with Gasteiger partial charge in [-0.3, -0.25) is 0 Å². The minimum Gasteiger partial charge on any atom is -0.377 e. The van der Waals surface area contributed by atoms with E-state index in [1.807, 2.05) is 0 Å². The van der Waals surface area contributed by atoms with Crippen LogP contribution in [0.1, 0.15) is 22.7 Å². The van der Waals surface area contributed by atoms with Crippen molar-refractivity contribution in [2.75, 3.05) is 11.9 Å². The molecule has 1 aliphatic heterocycles. The van der Waals surface area contributed by atoms with E-state index in [1.165, 1.54) is 22.4 Å². The molecule has 0 saturated carbocycles. The van der Waals surface area contributed by atoms with Crippen LogP contribution in [0.4, 0.5) is 5.69 Å². The summed E-state index contributed by atoms with van der Waals surface area (Å²) in [5.74, 6) is 0. The second-order valence-corrected chi connectivity index (χ2v) is 4.84. The molecule has 2 aromatic rings. The molecule has 1 unspecified atom stereocenters. The summed E-state index contributed by atoms with van der Waals surface area (Å²) in [7, 11) is 0. The van der Waals surface area contributed by atoms with Gasteiger partial charge in [0.25, 0.3) is 0 Å². The summed E-state index contributed by atoms with van der Waals surface area (Å²) in [5.41, 5.74) is 5.32. The first-order valence-corrected chi connectivity index (χ1v) is 6.45. The lowest BCUT2D eigenvalue weighted by Crippen LogP contribution is -2.22. The van der Waals surface area contributed by atoms with Crippen LogP contribution >= 0.6 is 0 Å². The van der Waals surface area contributed by atoms with E-state index in [-0.39, 0.29) is 0 Å². The molecule has 3 rings (SSSR count). The highest BCUT2D eigenvalue weighted by Gasteiger charge is 2.17. The Hall–Kier alpha value is -1.80. The number of anilines is 1. The molecule has 0 spiro atoms. The molecule has 0 aliphatic carbocycles. The van der Waals surface area contributed by atoms with E-state index in [1.54, 1.807) is 0 Å². The summed E-state index contributed by atoms with van der Waals surface area (Å²) < 4.78 is 0. The number of fused-ring (bicyclic) bond motifs is 1. The van der Waals surface area contributed by atoms with Crippen LogP contribution in [-0.4, -0.2) is 6.54 Å². The molecule has 0 aromatic heterocycles. The highest BCUT2D eigenvalue weighted by Crippen LogP contribution is 2.27. The van der Waals surface area contributed by atoms with E-state index in [9.17, 15) is 0 Å². The molecule has 1 atom stereocenters. The maximum Gasteiger partial charge on any atom is 0.0638 e. The minimum absolute atomic E-state index is 0.342. The third-order valence-electron chi connectivity index (χ3n) is 3.59. The second-order valence-electron chi connectivity index (χ2n) is 4.84. The van der Waals surface area contributed by atoms with Crippen LogP contribution in [-0.2, 0) is 6.54 Å². The maximum absolute atomic E-state index is 3.65. The van der Waals surface area contributed by atoms with Gasteiger partial charge < -0.3 is 10.6 Å². The molecule has 0 fully saturated rings. The fraction of sp³-hybridized carbons (Fsp3) is 0.250. The van der Waals surface area contributed by atoms with E-state index in [2.05, 4.69) is 66.1 Å². The summed E-state index contributed by atoms with van der Waals surface area (Å²) in [6, 6.07) is 17.4. The topological polar surface area (TPSA) is 24.1 Å². The van der Waals surface area contributed by atoms with Crippen molar-refractivity contribution in [2.45, 2.75) is 19.5 Å². The van der Waals surface area contributed by atoms with Crippen LogP contribution in [0.2, 0.25) is 0 Å². The average molecular weight is 238 g/mol. The highest BCUT2D eigenvalue weighted by atomic mass is 15.0. The zero-order valence-electron chi connectivity index (χ0n) is 10.6. The molecule has 2 nitrogen and oxygen atoms in total. The van der Waals surface area contributed by atoms with Crippen molar-refractivity contribution in [3.8, 4) is 0 Å². The molecular formula is C16H18N2. The van der Waals surface area contributed by atoms with Crippen molar-refractivity contribution in [3.63, 3.8) is 0 Å². The summed E-state index contributed by atoms with van der Waals surface area (Å²) in [5, 5.41) is 7.18. The van der Waals surface area contributed by atoms with E-state index < -0.39 is 0 Å². The molecule has 0 radical (unpaired) electrons. The van der Waals surface area contributed by atoms with Gasteiger partial charge in [-0.25, -0.2) is 0 Å². The standard InChI is InChI=1S/C16H18N2/c1-12-6-5-9-15-14(12)10-17-11-16(18-15)13-7-3-2-4-8-13/h2-9,16-18H,10-11H2,1H3. The van der Waals surface area contributed by atoms with E-state index in [4.69, 9.17) is 0 Å². The molecule has 18 heavy (non-hydrogen) atoms. The third-order valence-corrected chi connectivity index (χ3v) is 3.59. The number of rotatable bonds is 1. The number of hydrogen-bond donors (Lipinski definition) is 2. The van der Waals surface area contributed by atoms with Gasteiger partial charge in [0.1, 0.15) is 0 Å². The first-order chi connectivity index (χ1) is 8.84. The van der Waals surface area contributed by atoms with E-state index in [0.29, 0.717) is 6.04 Å². The van der Waals surface area contributed by atoms with Gasteiger partial charge >= 0.3 is 0 Å². The molecule has 0 saturated heterocycles. The lowest BCUT2D eigenvalue weighted by atomic mass is 10.1. The number of nitrogens with one attached hydrogen (secondary N) is 2. The lowest BCUT2D eigenvalue weighted by Gasteiger charge is -2.18. The monoisotopic (exact) mass is 238 g/mol. The molecule has 1 heterocycles. The molecule has 0 bridgehead atoms. The molecule has 92 valence electrons. The van der Waals surface area contributed by atoms with Crippen molar-refractivity contribution in [1.82, 2.24) is 5.32 Å². The normalized spacial score (nSPS) is 18.6. The Morgan fingerprint density at radius 2 is 1.83 bits per heavy atom. The number of benzene rings is 2. The van der Waals surface area contributed by atoms with E-state index in [0.717, 1.165) is 13.1 Å². The summed E-state index contributed by atoms with van der Waals surface area (Å²) in [6.07, 6.45) is 0. The number of hydrogen-bond acceptors (Lipinski definition) is 2. The van der Waals surface area contributed by atoms with Crippen molar-refractivity contribution in [2.24, 2.45) is 0 Å². The summed E-state index contributed by atoms with van der Waals surface area (Å²) >= 11 is 0. The van der Waals surface area contributed by atoms with Crippen LogP contribution in [0.25, 0.3) is 0 Å². The van der Waals surface area contributed by atoms with Gasteiger partial charge in [-0.2, -0.15) is 0 Å². The SMILES string of the molecule is Cc1cccc2c1CNCC(c1ccccc1)N2. The molecule has 2 N–H and O–H groups in total. The Labute approximate surface area is 108 Å². The van der Waals surface area contributed by atoms with Crippen LogP contribution in [0, 0.1) is 6.92 Å². The van der Waals surface area contributed by atoms with Gasteiger partial charge in [-0.05, 0) is 29.7 Å². The Morgan fingerprint density at radius 3 is 2.67 bits per heavy atom. The average Bonchev–Trinajstić information content (AvgIpc) is 2.63. The van der Waals surface area contributed by atoms with Gasteiger partial charge in [-0.15, -0.1) is 0 Å². The van der Waals surface area contributed by atoms with Crippen molar-refractivity contribution < 1.29 is 0 Å². The van der Waals surface area contributed by atoms with Crippen molar-refractivity contribution in [1.29, 1.82) is 0 Å². The smallest absolute Gasteiger partial charge is 0.0638 e. The van der Waals surface area contributed by atoms with Gasteiger partial charge in [0.2, 0.25) is 0 Å². The minimum atomic E-state index is 0.342. The Kier molecular flexibility index (Phi) is 3.03. The first kappa shape index (κ1) is 11.3.